The number of hydrogen-bond donors (Lipinski definition) is 1. The number of nitrogens with one attached hydrogen (secondary N) is 1. The fraction of sp³-hybridized carbons (Fsp3) is 0.500. The van der Waals surface area contributed by atoms with Gasteiger partial charge < -0.3 is 15.0 Å². The van der Waals surface area contributed by atoms with Gasteiger partial charge in [0.05, 0.1) is 12.3 Å². The van der Waals surface area contributed by atoms with Crippen LogP contribution in [0.4, 0.5) is 5.69 Å². The Balaban J connectivity index is 2.37. The van der Waals surface area contributed by atoms with Crippen molar-refractivity contribution in [3.63, 3.8) is 0 Å². The van der Waals surface area contributed by atoms with E-state index in [4.69, 9.17) is 4.74 Å². The summed E-state index contributed by atoms with van der Waals surface area (Å²) >= 11 is 0. The highest BCUT2D eigenvalue weighted by atomic mass is 16.5. The largest absolute Gasteiger partial charge is 0.492 e. The maximum Gasteiger partial charge on any atom is 0.249 e. The normalized spacial score (nSPS) is 19.4. The van der Waals surface area contributed by atoms with Gasteiger partial charge in [0.15, 0.2) is 0 Å². The highest BCUT2D eigenvalue weighted by Gasteiger charge is 2.33. The molecule has 2 amide bonds. The van der Waals surface area contributed by atoms with E-state index in [1.807, 2.05) is 45.0 Å². The number of anilines is 1. The van der Waals surface area contributed by atoms with Gasteiger partial charge in [0.2, 0.25) is 11.8 Å². The number of carbonyl (C=O) groups is 2. The maximum atomic E-state index is 12.7. The molecule has 1 fully saturated rings. The second-order valence-corrected chi connectivity index (χ2v) is 5.43. The van der Waals surface area contributed by atoms with Gasteiger partial charge in [-0.15, -0.1) is 0 Å². The predicted octanol–water partition coefficient (Wildman–Crippen LogP) is 1.96. The van der Waals surface area contributed by atoms with Gasteiger partial charge in [-0.3, -0.25) is 9.59 Å². The molecule has 0 aliphatic carbocycles. The Labute approximate surface area is 125 Å². The van der Waals surface area contributed by atoms with Crippen LogP contribution in [0, 0.1) is 5.92 Å². The number of para-hydroxylation sites is 2. The standard InChI is InChI=1S/C16H22N2O3/c1-4-21-13-8-6-5-7-12(13)18-10-9-14(19)17-15(11(2)3)16(18)20/h5-8,11,15H,4,9-10H2,1-3H3,(H,17,19). The van der Waals surface area contributed by atoms with E-state index >= 15 is 0 Å². The molecule has 5 heteroatoms. The number of ether oxygens (including phenoxy) is 1. The van der Waals surface area contributed by atoms with Crippen LogP contribution < -0.4 is 15.0 Å². The minimum absolute atomic E-state index is 0.0429. The molecule has 21 heavy (non-hydrogen) atoms. The summed E-state index contributed by atoms with van der Waals surface area (Å²) in [6.07, 6.45) is 0.301. The summed E-state index contributed by atoms with van der Waals surface area (Å²) in [6, 6.07) is 6.96. The molecule has 0 spiro atoms. The molecule has 1 saturated heterocycles. The zero-order chi connectivity index (χ0) is 15.4. The maximum absolute atomic E-state index is 12.7. The topological polar surface area (TPSA) is 58.6 Å². The third-order valence-corrected chi connectivity index (χ3v) is 3.53. The van der Waals surface area contributed by atoms with Gasteiger partial charge >= 0.3 is 0 Å². The molecule has 1 unspecified atom stereocenters. The minimum atomic E-state index is -0.491. The first-order valence-electron chi connectivity index (χ1n) is 7.37. The van der Waals surface area contributed by atoms with Crippen LogP contribution in [0.25, 0.3) is 0 Å². The lowest BCUT2D eigenvalue weighted by Gasteiger charge is -2.27. The van der Waals surface area contributed by atoms with E-state index in [1.54, 1.807) is 4.90 Å². The van der Waals surface area contributed by atoms with Crippen molar-refractivity contribution >= 4 is 17.5 Å². The number of benzene rings is 1. The third-order valence-electron chi connectivity index (χ3n) is 3.53. The lowest BCUT2D eigenvalue weighted by Crippen LogP contribution is -2.48. The molecule has 1 aromatic carbocycles. The Kier molecular flexibility index (Phi) is 4.83. The van der Waals surface area contributed by atoms with Crippen molar-refractivity contribution in [2.45, 2.75) is 33.2 Å². The molecule has 1 heterocycles. The summed E-state index contributed by atoms with van der Waals surface area (Å²) in [5, 5.41) is 2.81. The SMILES string of the molecule is CCOc1ccccc1N1CCC(=O)NC(C(C)C)C1=O. The van der Waals surface area contributed by atoms with Crippen LogP contribution in [0.15, 0.2) is 24.3 Å². The van der Waals surface area contributed by atoms with Crippen molar-refractivity contribution in [2.24, 2.45) is 5.92 Å². The quantitative estimate of drug-likeness (QED) is 0.922. The van der Waals surface area contributed by atoms with Gasteiger partial charge in [0.25, 0.3) is 0 Å². The average molecular weight is 290 g/mol. The lowest BCUT2D eigenvalue weighted by molar-refractivity contribution is -0.126. The van der Waals surface area contributed by atoms with Crippen molar-refractivity contribution in [1.82, 2.24) is 5.32 Å². The highest BCUT2D eigenvalue weighted by molar-refractivity contribution is 6.02. The molecule has 1 atom stereocenters. The zero-order valence-corrected chi connectivity index (χ0v) is 12.8. The second-order valence-electron chi connectivity index (χ2n) is 5.43. The predicted molar refractivity (Wildman–Crippen MR) is 81.3 cm³/mol. The molecule has 0 radical (unpaired) electrons. The second kappa shape index (κ2) is 6.61. The first-order valence-corrected chi connectivity index (χ1v) is 7.37. The summed E-state index contributed by atoms with van der Waals surface area (Å²) in [5.41, 5.74) is 0.728. The van der Waals surface area contributed by atoms with Crippen molar-refractivity contribution in [2.75, 3.05) is 18.1 Å². The van der Waals surface area contributed by atoms with Crippen LogP contribution in [0.1, 0.15) is 27.2 Å². The van der Waals surface area contributed by atoms with Crippen molar-refractivity contribution in [3.8, 4) is 5.75 Å². The Morgan fingerprint density at radius 2 is 2.05 bits per heavy atom. The van der Waals surface area contributed by atoms with E-state index in [9.17, 15) is 9.59 Å². The van der Waals surface area contributed by atoms with Crippen molar-refractivity contribution in [1.29, 1.82) is 0 Å². The number of carbonyl (C=O) groups excluding carboxylic acids is 2. The molecule has 0 bridgehead atoms. The fourth-order valence-corrected chi connectivity index (χ4v) is 2.45. The number of hydrogen-bond acceptors (Lipinski definition) is 3. The zero-order valence-electron chi connectivity index (χ0n) is 12.8. The number of nitrogens with zero attached hydrogens (tertiary/aromatic N) is 1. The van der Waals surface area contributed by atoms with Gasteiger partial charge in [-0.05, 0) is 25.0 Å². The molecule has 114 valence electrons. The van der Waals surface area contributed by atoms with Crippen LogP contribution in [0.3, 0.4) is 0 Å². The van der Waals surface area contributed by atoms with Crippen molar-refractivity contribution < 1.29 is 14.3 Å². The highest BCUT2D eigenvalue weighted by Crippen LogP contribution is 2.30. The molecule has 1 aliphatic rings. The Hall–Kier alpha value is -2.04. The molecular weight excluding hydrogens is 268 g/mol. The van der Waals surface area contributed by atoms with E-state index in [0.29, 0.717) is 25.3 Å². The Morgan fingerprint density at radius 3 is 2.71 bits per heavy atom. The van der Waals surface area contributed by atoms with Crippen LogP contribution in [0.5, 0.6) is 5.75 Å². The number of amides is 2. The molecule has 2 rings (SSSR count). The molecule has 5 nitrogen and oxygen atoms in total. The fourth-order valence-electron chi connectivity index (χ4n) is 2.45. The monoisotopic (exact) mass is 290 g/mol. The van der Waals surface area contributed by atoms with Crippen LogP contribution in [-0.2, 0) is 9.59 Å². The molecule has 1 aliphatic heterocycles. The Morgan fingerprint density at radius 1 is 1.33 bits per heavy atom. The van der Waals surface area contributed by atoms with Crippen LogP contribution in [0.2, 0.25) is 0 Å². The lowest BCUT2D eigenvalue weighted by atomic mass is 10.0. The third kappa shape index (κ3) is 3.35. The van der Waals surface area contributed by atoms with E-state index in [1.165, 1.54) is 0 Å². The van der Waals surface area contributed by atoms with Crippen molar-refractivity contribution in [3.05, 3.63) is 24.3 Å². The van der Waals surface area contributed by atoms with E-state index in [-0.39, 0.29) is 17.7 Å². The van der Waals surface area contributed by atoms with Gasteiger partial charge in [0.1, 0.15) is 11.8 Å². The molecular formula is C16H22N2O3. The summed E-state index contributed by atoms with van der Waals surface area (Å²) in [5.74, 6) is 0.549. The van der Waals surface area contributed by atoms with Crippen LogP contribution in [-0.4, -0.2) is 31.0 Å². The molecule has 0 saturated carbocycles. The van der Waals surface area contributed by atoms with Gasteiger partial charge in [-0.2, -0.15) is 0 Å². The minimum Gasteiger partial charge on any atom is -0.492 e. The van der Waals surface area contributed by atoms with Gasteiger partial charge in [-0.25, -0.2) is 0 Å². The van der Waals surface area contributed by atoms with Gasteiger partial charge in [-0.1, -0.05) is 26.0 Å². The summed E-state index contributed by atoms with van der Waals surface area (Å²) in [7, 11) is 0. The smallest absolute Gasteiger partial charge is 0.249 e. The summed E-state index contributed by atoms with van der Waals surface area (Å²) < 4.78 is 5.60. The summed E-state index contributed by atoms with van der Waals surface area (Å²) in [6.45, 7) is 6.67. The average Bonchev–Trinajstić information content (AvgIpc) is 2.60. The Bertz CT molecular complexity index is 528. The summed E-state index contributed by atoms with van der Waals surface area (Å²) in [4.78, 5) is 26.2. The van der Waals surface area contributed by atoms with Crippen LogP contribution >= 0.6 is 0 Å². The first-order chi connectivity index (χ1) is 10.0. The van der Waals surface area contributed by atoms with E-state index in [0.717, 1.165) is 5.69 Å². The van der Waals surface area contributed by atoms with E-state index < -0.39 is 6.04 Å². The van der Waals surface area contributed by atoms with E-state index in [2.05, 4.69) is 5.32 Å². The molecule has 1 aromatic rings. The van der Waals surface area contributed by atoms with Gasteiger partial charge in [0, 0.05) is 13.0 Å². The molecule has 1 N–H and O–H groups in total. The molecule has 0 aromatic heterocycles. The first kappa shape index (κ1) is 15.4. The number of rotatable bonds is 4.